The summed E-state index contributed by atoms with van der Waals surface area (Å²) < 4.78 is 1.14. The third-order valence-electron chi connectivity index (χ3n) is 4.05. The number of hydrogen-bond donors (Lipinski definition) is 5. The zero-order valence-electron chi connectivity index (χ0n) is 16.8. The number of nitrogens with zero attached hydrogens (tertiary/aromatic N) is 4. The van der Waals surface area contributed by atoms with Crippen LogP contribution in [0, 0.1) is 3.57 Å². The van der Waals surface area contributed by atoms with Crippen molar-refractivity contribution in [1.82, 2.24) is 25.6 Å². The number of guanidine groups is 1. The molecule has 0 spiro atoms. The van der Waals surface area contributed by atoms with Crippen molar-refractivity contribution < 1.29 is 4.79 Å². The van der Waals surface area contributed by atoms with Crippen LogP contribution in [0.3, 0.4) is 0 Å². The number of thiazole rings is 1. The standard InChI is InChI=1S/C19H21ClIN9OS/c20-15-17(27-9-11-1-3-12(21)4-2-11)29-16(22)14(28-15)18(31)30-19(23)26-6-5-24-10-13-25-7-8-32-13/h1-4,7-8,24H,5-6,9-10H2,(H3,22,27,29)(H3,23,26,30,31). The minimum atomic E-state index is -0.734. The second kappa shape index (κ2) is 11.9. The van der Waals surface area contributed by atoms with Crippen molar-refractivity contribution in [3.63, 3.8) is 0 Å². The Bertz CT molecular complexity index is 1080. The highest BCUT2D eigenvalue weighted by molar-refractivity contribution is 14.1. The van der Waals surface area contributed by atoms with Gasteiger partial charge >= 0.3 is 5.91 Å². The monoisotopic (exact) mass is 585 g/mol. The quantitative estimate of drug-likeness (QED) is 0.110. The van der Waals surface area contributed by atoms with Crippen LogP contribution in [-0.4, -0.2) is 39.9 Å². The van der Waals surface area contributed by atoms with Crippen molar-refractivity contribution in [3.05, 3.63) is 60.8 Å². The molecule has 0 atom stereocenters. The van der Waals surface area contributed by atoms with Gasteiger partial charge in [-0.25, -0.2) is 15.0 Å². The molecule has 0 saturated carbocycles. The number of carbonyl (C=O) groups is 1. The highest BCUT2D eigenvalue weighted by atomic mass is 127. The molecule has 2 aromatic heterocycles. The molecule has 168 valence electrons. The van der Waals surface area contributed by atoms with E-state index in [0.717, 1.165) is 14.1 Å². The lowest BCUT2D eigenvalue weighted by molar-refractivity contribution is 0.0998. The van der Waals surface area contributed by atoms with E-state index in [2.05, 4.69) is 58.5 Å². The van der Waals surface area contributed by atoms with Crippen LogP contribution < -0.4 is 27.4 Å². The third kappa shape index (κ3) is 7.25. The van der Waals surface area contributed by atoms with E-state index in [-0.39, 0.29) is 28.4 Å². The van der Waals surface area contributed by atoms with Crippen LogP contribution in [0.4, 0.5) is 11.6 Å². The number of anilines is 2. The molecule has 3 rings (SSSR count). The van der Waals surface area contributed by atoms with Gasteiger partial charge in [0.2, 0.25) is 0 Å². The van der Waals surface area contributed by atoms with Crippen LogP contribution in [0.2, 0.25) is 5.15 Å². The number of hydrogen-bond acceptors (Lipinski definition) is 8. The molecule has 0 unspecified atom stereocenters. The van der Waals surface area contributed by atoms with Crippen molar-refractivity contribution in [3.8, 4) is 0 Å². The molecule has 2 heterocycles. The lowest BCUT2D eigenvalue weighted by Crippen LogP contribution is -2.37. The van der Waals surface area contributed by atoms with Gasteiger partial charge in [0.15, 0.2) is 28.4 Å². The minimum Gasteiger partial charge on any atom is -0.382 e. The molecule has 10 nitrogen and oxygen atoms in total. The van der Waals surface area contributed by atoms with Crippen molar-refractivity contribution in [2.24, 2.45) is 10.7 Å². The molecule has 0 fully saturated rings. The number of benzene rings is 1. The normalized spacial score (nSPS) is 11.4. The Morgan fingerprint density at radius 3 is 2.69 bits per heavy atom. The lowest BCUT2D eigenvalue weighted by atomic mass is 10.2. The number of rotatable bonds is 9. The first-order valence-corrected chi connectivity index (χ1v) is 11.8. The molecule has 0 bridgehead atoms. The van der Waals surface area contributed by atoms with Crippen LogP contribution in [-0.2, 0) is 13.1 Å². The molecule has 3 aromatic rings. The van der Waals surface area contributed by atoms with Gasteiger partial charge in [0.25, 0.3) is 0 Å². The van der Waals surface area contributed by atoms with Crippen LogP contribution in [0.5, 0.6) is 0 Å². The number of carbonyl (C=O) groups excluding carboxylic acids is 1. The molecule has 0 aliphatic rings. The number of nitrogens with two attached hydrogens (primary N) is 2. The number of amides is 1. The first-order chi connectivity index (χ1) is 15.4. The number of aliphatic imine (C=N–C) groups is 1. The molecular formula is C19H21ClIN9OS. The van der Waals surface area contributed by atoms with Crippen LogP contribution >= 0.6 is 45.5 Å². The average Bonchev–Trinajstić information content (AvgIpc) is 3.28. The largest absolute Gasteiger partial charge is 0.382 e. The van der Waals surface area contributed by atoms with E-state index in [4.69, 9.17) is 23.1 Å². The van der Waals surface area contributed by atoms with Crippen LogP contribution in [0.15, 0.2) is 40.8 Å². The molecule has 32 heavy (non-hydrogen) atoms. The summed E-state index contributed by atoms with van der Waals surface area (Å²) in [5.74, 6) is -0.599. The van der Waals surface area contributed by atoms with Gasteiger partial charge < -0.3 is 27.4 Å². The highest BCUT2D eigenvalue weighted by Crippen LogP contribution is 2.22. The molecular weight excluding hydrogens is 565 g/mol. The van der Waals surface area contributed by atoms with Gasteiger partial charge in [-0.05, 0) is 40.3 Å². The van der Waals surface area contributed by atoms with Crippen molar-refractivity contribution in [2.75, 3.05) is 24.1 Å². The fraction of sp³-hybridized carbons (Fsp3) is 0.211. The maximum absolute atomic E-state index is 12.4. The van der Waals surface area contributed by atoms with Gasteiger partial charge in [-0.15, -0.1) is 11.3 Å². The van der Waals surface area contributed by atoms with Crippen molar-refractivity contribution in [1.29, 1.82) is 0 Å². The van der Waals surface area contributed by atoms with E-state index in [1.54, 1.807) is 17.5 Å². The summed E-state index contributed by atoms with van der Waals surface area (Å²) in [5.41, 5.74) is 12.5. The molecule has 0 aliphatic heterocycles. The van der Waals surface area contributed by atoms with Gasteiger partial charge in [-0.1, -0.05) is 23.7 Å². The van der Waals surface area contributed by atoms with E-state index < -0.39 is 5.91 Å². The maximum Gasteiger partial charge on any atom is 0.302 e. The first kappa shape index (κ1) is 24.1. The summed E-state index contributed by atoms with van der Waals surface area (Å²) in [7, 11) is 0. The highest BCUT2D eigenvalue weighted by Gasteiger charge is 2.17. The van der Waals surface area contributed by atoms with Crippen LogP contribution in [0.1, 0.15) is 21.1 Å². The van der Waals surface area contributed by atoms with Gasteiger partial charge in [-0.2, -0.15) is 4.99 Å². The molecule has 13 heteroatoms. The first-order valence-electron chi connectivity index (χ1n) is 9.45. The zero-order valence-corrected chi connectivity index (χ0v) is 20.5. The third-order valence-corrected chi connectivity index (χ3v) is 5.81. The van der Waals surface area contributed by atoms with Crippen molar-refractivity contribution in [2.45, 2.75) is 13.1 Å². The van der Waals surface area contributed by atoms with E-state index in [9.17, 15) is 4.79 Å². The molecule has 7 N–H and O–H groups in total. The molecule has 0 radical (unpaired) electrons. The Morgan fingerprint density at radius 2 is 1.97 bits per heavy atom. The summed E-state index contributed by atoms with van der Waals surface area (Å²) in [6.07, 6.45) is 1.75. The van der Waals surface area contributed by atoms with Gasteiger partial charge in [0.1, 0.15) is 5.01 Å². The Morgan fingerprint density at radius 1 is 1.19 bits per heavy atom. The zero-order chi connectivity index (χ0) is 22.9. The Labute approximate surface area is 207 Å². The Balaban J connectivity index is 1.52. The van der Waals surface area contributed by atoms with Crippen molar-refractivity contribution >= 4 is 69.0 Å². The Hall–Kier alpha value is -2.55. The molecule has 0 saturated heterocycles. The molecule has 0 aliphatic carbocycles. The summed E-state index contributed by atoms with van der Waals surface area (Å²) in [6.45, 7) is 2.21. The molecule has 1 amide bonds. The second-order valence-corrected chi connectivity index (χ2v) is 8.99. The van der Waals surface area contributed by atoms with E-state index in [0.29, 0.717) is 26.2 Å². The number of nitrogen functional groups attached to an aromatic ring is 1. The summed E-state index contributed by atoms with van der Waals surface area (Å²) in [5, 5.41) is 12.0. The predicted molar refractivity (Wildman–Crippen MR) is 136 cm³/mol. The van der Waals surface area contributed by atoms with Gasteiger partial charge in [0, 0.05) is 41.3 Å². The second-order valence-electron chi connectivity index (χ2n) is 6.41. The SMILES string of the molecule is N/C(=N\C(=O)c1nc(Cl)c(NCc2ccc(I)cc2)nc1N)NCCNCc1nccs1. The smallest absolute Gasteiger partial charge is 0.302 e. The van der Waals surface area contributed by atoms with E-state index in [1.807, 2.05) is 29.6 Å². The number of halogens is 2. The predicted octanol–water partition coefficient (Wildman–Crippen LogP) is 2.22. The summed E-state index contributed by atoms with van der Waals surface area (Å²) >= 11 is 9.99. The topological polar surface area (TPSA) is 156 Å². The van der Waals surface area contributed by atoms with E-state index in [1.165, 1.54) is 0 Å². The minimum absolute atomic E-state index is 0.0150. The van der Waals surface area contributed by atoms with E-state index >= 15 is 0 Å². The fourth-order valence-electron chi connectivity index (χ4n) is 2.50. The lowest BCUT2D eigenvalue weighted by Gasteiger charge is -2.10. The fourth-order valence-corrected chi connectivity index (χ4v) is 3.64. The van der Waals surface area contributed by atoms with Gasteiger partial charge in [-0.3, -0.25) is 4.79 Å². The maximum atomic E-state index is 12.4. The van der Waals surface area contributed by atoms with Gasteiger partial charge in [0.05, 0.1) is 0 Å². The number of aromatic nitrogens is 3. The number of nitrogens with one attached hydrogen (secondary N) is 3. The van der Waals surface area contributed by atoms with Crippen LogP contribution in [0.25, 0.3) is 0 Å². The Kier molecular flexibility index (Phi) is 8.96. The summed E-state index contributed by atoms with van der Waals surface area (Å²) in [6, 6.07) is 7.95. The summed E-state index contributed by atoms with van der Waals surface area (Å²) in [4.78, 5) is 28.5. The molecule has 1 aromatic carbocycles. The average molecular weight is 586 g/mol.